The Kier molecular flexibility index (Phi) is 2.70. The molecule has 0 aliphatic carbocycles. The molecule has 0 amide bonds. The van der Waals surface area contributed by atoms with Gasteiger partial charge in [0, 0.05) is 11.6 Å². The summed E-state index contributed by atoms with van der Waals surface area (Å²) in [6.45, 7) is 5.79. The molecule has 3 heteroatoms. The Hall–Kier alpha value is -1.38. The first-order chi connectivity index (χ1) is 7.50. The first kappa shape index (κ1) is 11.1. The van der Waals surface area contributed by atoms with Gasteiger partial charge in [0.25, 0.3) is 0 Å². The van der Waals surface area contributed by atoms with E-state index in [9.17, 15) is 8.78 Å². The van der Waals surface area contributed by atoms with Crippen molar-refractivity contribution in [3.05, 3.63) is 35.0 Å². The molecule has 1 aromatic heterocycles. The van der Waals surface area contributed by atoms with Crippen molar-refractivity contribution < 1.29 is 8.78 Å². The molecule has 0 atom stereocenters. The summed E-state index contributed by atoms with van der Waals surface area (Å²) in [5.74, 6) is -1.04. The highest BCUT2D eigenvalue weighted by Crippen LogP contribution is 2.26. The molecule has 0 fully saturated rings. The molecule has 2 aromatic rings. The van der Waals surface area contributed by atoms with Crippen LogP contribution in [0.3, 0.4) is 0 Å². The quantitative estimate of drug-likeness (QED) is 0.793. The predicted octanol–water partition coefficient (Wildman–Crippen LogP) is 3.95. The van der Waals surface area contributed by atoms with Crippen LogP contribution in [0.5, 0.6) is 0 Å². The molecular weight excluding hydrogens is 208 g/mol. The zero-order valence-corrected chi connectivity index (χ0v) is 9.70. The first-order valence-corrected chi connectivity index (χ1v) is 5.45. The molecule has 0 spiro atoms. The van der Waals surface area contributed by atoms with E-state index in [4.69, 9.17) is 0 Å². The second-order valence-electron chi connectivity index (χ2n) is 4.66. The molecule has 0 saturated carbocycles. The zero-order chi connectivity index (χ0) is 11.9. The van der Waals surface area contributed by atoms with Crippen LogP contribution in [-0.2, 0) is 6.42 Å². The maximum atomic E-state index is 13.6. The Labute approximate surface area is 93.5 Å². The molecule has 0 radical (unpaired) electrons. The molecule has 16 heavy (non-hydrogen) atoms. The fourth-order valence-corrected chi connectivity index (χ4v) is 1.99. The van der Waals surface area contributed by atoms with Crippen LogP contribution < -0.4 is 0 Å². The van der Waals surface area contributed by atoms with Crippen LogP contribution in [0.15, 0.2) is 12.3 Å². The number of hydrogen-bond acceptors (Lipinski definition) is 0. The Morgan fingerprint density at radius 1 is 1.25 bits per heavy atom. The minimum absolute atomic E-state index is 0.277. The van der Waals surface area contributed by atoms with Crippen molar-refractivity contribution in [2.75, 3.05) is 0 Å². The smallest absolute Gasteiger partial charge is 0.183 e. The predicted molar refractivity (Wildman–Crippen MR) is 61.5 cm³/mol. The summed E-state index contributed by atoms with van der Waals surface area (Å²) < 4.78 is 26.9. The Morgan fingerprint density at radius 2 is 1.94 bits per heavy atom. The maximum absolute atomic E-state index is 13.6. The van der Waals surface area contributed by atoms with E-state index in [1.54, 1.807) is 19.2 Å². The lowest BCUT2D eigenvalue weighted by molar-refractivity contribution is 0.510. The summed E-state index contributed by atoms with van der Waals surface area (Å²) in [5.41, 5.74) is 1.68. The highest BCUT2D eigenvalue weighted by Gasteiger charge is 2.15. The monoisotopic (exact) mass is 223 g/mol. The Bertz CT molecular complexity index is 526. The zero-order valence-electron chi connectivity index (χ0n) is 9.70. The lowest BCUT2D eigenvalue weighted by atomic mass is 10.0. The molecule has 86 valence electrons. The lowest BCUT2D eigenvalue weighted by Crippen LogP contribution is -1.94. The van der Waals surface area contributed by atoms with Crippen LogP contribution in [0.25, 0.3) is 10.9 Å². The van der Waals surface area contributed by atoms with Gasteiger partial charge in [0.05, 0.1) is 5.52 Å². The van der Waals surface area contributed by atoms with Gasteiger partial charge in [-0.15, -0.1) is 0 Å². The second kappa shape index (κ2) is 3.89. The third-order valence-electron chi connectivity index (χ3n) is 2.75. The van der Waals surface area contributed by atoms with Gasteiger partial charge in [0.1, 0.15) is 0 Å². The van der Waals surface area contributed by atoms with Gasteiger partial charge in [-0.05, 0) is 36.5 Å². The summed E-state index contributed by atoms with van der Waals surface area (Å²) >= 11 is 0. The topological polar surface area (TPSA) is 15.8 Å². The number of hydrogen-bond donors (Lipinski definition) is 1. The van der Waals surface area contributed by atoms with Gasteiger partial charge in [-0.25, -0.2) is 8.78 Å². The van der Waals surface area contributed by atoms with Gasteiger partial charge < -0.3 is 4.98 Å². The van der Waals surface area contributed by atoms with E-state index in [0.29, 0.717) is 11.5 Å². The average Bonchev–Trinajstić information content (AvgIpc) is 2.58. The molecule has 0 aliphatic heterocycles. The molecule has 0 aliphatic rings. The SMILES string of the molecule is Cc1cc2c(CC(C)C)c[nH]c2c(F)c1F. The molecule has 1 N–H and O–H groups in total. The van der Waals surface area contributed by atoms with Crippen molar-refractivity contribution in [2.24, 2.45) is 5.92 Å². The van der Waals surface area contributed by atoms with Crippen molar-refractivity contribution in [2.45, 2.75) is 27.2 Å². The van der Waals surface area contributed by atoms with Gasteiger partial charge in [-0.1, -0.05) is 13.8 Å². The number of rotatable bonds is 2. The van der Waals surface area contributed by atoms with Crippen molar-refractivity contribution >= 4 is 10.9 Å². The number of aromatic nitrogens is 1. The van der Waals surface area contributed by atoms with E-state index in [1.807, 2.05) is 0 Å². The van der Waals surface area contributed by atoms with E-state index in [1.165, 1.54) is 0 Å². The van der Waals surface area contributed by atoms with Crippen molar-refractivity contribution in [1.82, 2.24) is 4.98 Å². The summed E-state index contributed by atoms with van der Waals surface area (Å²) in [6, 6.07) is 1.71. The van der Waals surface area contributed by atoms with Crippen LogP contribution in [0, 0.1) is 24.5 Å². The molecule has 2 rings (SSSR count). The van der Waals surface area contributed by atoms with Crippen LogP contribution in [0.4, 0.5) is 8.78 Å². The van der Waals surface area contributed by atoms with Crippen LogP contribution >= 0.6 is 0 Å². The fourth-order valence-electron chi connectivity index (χ4n) is 1.99. The number of halogens is 2. The number of benzene rings is 1. The largest absolute Gasteiger partial charge is 0.358 e. The standard InChI is InChI=1S/C13H15F2N/c1-7(2)4-9-6-16-13-10(9)5-8(3)11(14)12(13)15/h5-7,16H,4H2,1-3H3. The van der Waals surface area contributed by atoms with Gasteiger partial charge in [-0.2, -0.15) is 0 Å². The number of H-pyrrole nitrogens is 1. The van der Waals surface area contributed by atoms with Gasteiger partial charge >= 0.3 is 0 Å². The van der Waals surface area contributed by atoms with Crippen LogP contribution in [-0.4, -0.2) is 4.98 Å². The maximum Gasteiger partial charge on any atom is 0.183 e. The summed E-state index contributed by atoms with van der Waals surface area (Å²) in [6.07, 6.45) is 2.64. The molecule has 0 bridgehead atoms. The fraction of sp³-hybridized carbons (Fsp3) is 0.385. The van der Waals surface area contributed by atoms with E-state index >= 15 is 0 Å². The van der Waals surface area contributed by atoms with Crippen molar-refractivity contribution in [3.63, 3.8) is 0 Å². The molecular formula is C13H15F2N. The summed E-state index contributed by atoms with van der Waals surface area (Å²) in [7, 11) is 0. The van der Waals surface area contributed by atoms with E-state index < -0.39 is 11.6 Å². The Morgan fingerprint density at radius 3 is 2.56 bits per heavy atom. The van der Waals surface area contributed by atoms with Gasteiger partial charge in [0.15, 0.2) is 11.6 Å². The normalized spacial score (nSPS) is 11.6. The average molecular weight is 223 g/mol. The summed E-state index contributed by atoms with van der Waals surface area (Å²) in [4.78, 5) is 2.81. The highest BCUT2D eigenvalue weighted by molar-refractivity contribution is 5.84. The molecule has 0 saturated heterocycles. The third-order valence-corrected chi connectivity index (χ3v) is 2.75. The highest BCUT2D eigenvalue weighted by atomic mass is 19.2. The van der Waals surface area contributed by atoms with Crippen LogP contribution in [0.2, 0.25) is 0 Å². The number of nitrogens with one attached hydrogen (secondary N) is 1. The first-order valence-electron chi connectivity index (χ1n) is 5.45. The second-order valence-corrected chi connectivity index (χ2v) is 4.66. The van der Waals surface area contributed by atoms with Crippen molar-refractivity contribution in [1.29, 1.82) is 0 Å². The molecule has 0 unspecified atom stereocenters. The van der Waals surface area contributed by atoms with Gasteiger partial charge in [-0.3, -0.25) is 0 Å². The van der Waals surface area contributed by atoms with Crippen LogP contribution in [0.1, 0.15) is 25.0 Å². The Balaban J connectivity index is 2.64. The molecule has 1 aromatic carbocycles. The van der Waals surface area contributed by atoms with Crippen molar-refractivity contribution in [3.8, 4) is 0 Å². The summed E-state index contributed by atoms with van der Waals surface area (Å²) in [5, 5.41) is 0.796. The molecule has 1 nitrogen and oxygen atoms in total. The van der Waals surface area contributed by atoms with Gasteiger partial charge in [0.2, 0.25) is 0 Å². The minimum Gasteiger partial charge on any atom is -0.358 e. The molecule has 1 heterocycles. The lowest BCUT2D eigenvalue weighted by Gasteiger charge is -2.04. The van der Waals surface area contributed by atoms with E-state index in [0.717, 1.165) is 17.4 Å². The minimum atomic E-state index is -0.773. The number of fused-ring (bicyclic) bond motifs is 1. The van der Waals surface area contributed by atoms with E-state index in [2.05, 4.69) is 18.8 Å². The van der Waals surface area contributed by atoms with E-state index in [-0.39, 0.29) is 5.52 Å². The third kappa shape index (κ3) is 1.70. The number of aryl methyl sites for hydroxylation is 1. The number of aromatic amines is 1.